The Balaban J connectivity index is 2.52. The molecule has 0 aliphatic carbocycles. The minimum absolute atomic E-state index is 0.545. The first-order valence-corrected chi connectivity index (χ1v) is 8.48. The number of rotatable bonds is 10. The van der Waals surface area contributed by atoms with Crippen LogP contribution in [0, 0.1) is 0 Å². The summed E-state index contributed by atoms with van der Waals surface area (Å²) in [5.41, 5.74) is 1.20. The highest BCUT2D eigenvalue weighted by Crippen LogP contribution is 2.16. The van der Waals surface area contributed by atoms with Gasteiger partial charge in [0.05, 0.1) is 6.61 Å². The van der Waals surface area contributed by atoms with E-state index < -0.39 is 0 Å². The zero-order valence-electron chi connectivity index (χ0n) is 13.1. The topological polar surface area (TPSA) is 37.4 Å². The molecule has 0 saturated heterocycles. The van der Waals surface area contributed by atoms with E-state index in [9.17, 15) is 0 Å². The molecule has 0 spiro atoms. The largest absolute Gasteiger partial charge is 0.383 e. The van der Waals surface area contributed by atoms with Crippen LogP contribution < -0.4 is 10.2 Å². The van der Waals surface area contributed by atoms with Crippen LogP contribution in [0.4, 0.5) is 5.82 Å². The first kappa shape index (κ1) is 17.3. The van der Waals surface area contributed by atoms with E-state index in [4.69, 9.17) is 4.74 Å². The number of methoxy groups -OCH3 is 1. The average Bonchev–Trinajstić information content (AvgIpc) is 2.49. The molecule has 1 N–H and O–H groups in total. The highest BCUT2D eigenvalue weighted by molar-refractivity contribution is 7.98. The van der Waals surface area contributed by atoms with Gasteiger partial charge in [0.25, 0.3) is 0 Å². The third-order valence-corrected chi connectivity index (χ3v) is 4.08. The Morgan fingerprint density at radius 1 is 1.45 bits per heavy atom. The van der Waals surface area contributed by atoms with E-state index >= 15 is 0 Å². The summed E-state index contributed by atoms with van der Waals surface area (Å²) in [5.74, 6) is 2.18. The van der Waals surface area contributed by atoms with Crippen molar-refractivity contribution in [2.75, 3.05) is 44.2 Å². The minimum Gasteiger partial charge on any atom is -0.383 e. The van der Waals surface area contributed by atoms with Gasteiger partial charge < -0.3 is 15.0 Å². The lowest BCUT2D eigenvalue weighted by molar-refractivity contribution is 0.199. The fourth-order valence-corrected chi connectivity index (χ4v) is 2.86. The van der Waals surface area contributed by atoms with Crippen LogP contribution in [0.2, 0.25) is 0 Å². The van der Waals surface area contributed by atoms with E-state index in [1.54, 1.807) is 7.11 Å². The van der Waals surface area contributed by atoms with Crippen LogP contribution in [-0.4, -0.2) is 50.3 Å². The molecule has 0 aliphatic heterocycles. The molecule has 1 heterocycles. The number of ether oxygens (including phenoxy) is 1. The Morgan fingerprint density at radius 3 is 2.80 bits per heavy atom. The van der Waals surface area contributed by atoms with Crippen molar-refractivity contribution < 1.29 is 4.74 Å². The van der Waals surface area contributed by atoms with Crippen molar-refractivity contribution in [2.45, 2.75) is 25.9 Å². The second kappa shape index (κ2) is 10.0. The van der Waals surface area contributed by atoms with Crippen LogP contribution in [-0.2, 0) is 11.3 Å². The zero-order chi connectivity index (χ0) is 14.8. The molecule has 1 rings (SSSR count). The Morgan fingerprint density at radius 2 is 2.25 bits per heavy atom. The molecule has 5 heteroatoms. The molecule has 0 saturated carbocycles. The maximum Gasteiger partial charge on any atom is 0.128 e. The van der Waals surface area contributed by atoms with Gasteiger partial charge in [-0.3, -0.25) is 0 Å². The molecule has 0 bridgehead atoms. The van der Waals surface area contributed by atoms with Gasteiger partial charge in [-0.1, -0.05) is 13.0 Å². The molecular weight excluding hydrogens is 270 g/mol. The molecule has 1 unspecified atom stereocenters. The lowest BCUT2D eigenvalue weighted by atomic mass is 10.2. The van der Waals surface area contributed by atoms with Crippen molar-refractivity contribution in [3.8, 4) is 0 Å². The third kappa shape index (κ3) is 5.69. The first-order chi connectivity index (χ1) is 9.72. The maximum absolute atomic E-state index is 5.01. The fraction of sp³-hybridized carbons (Fsp3) is 0.667. The number of anilines is 1. The predicted octanol–water partition coefficient (Wildman–Crippen LogP) is 2.40. The molecule has 0 radical (unpaired) electrons. The molecule has 1 aromatic rings. The van der Waals surface area contributed by atoms with Crippen molar-refractivity contribution in [1.82, 2.24) is 10.3 Å². The number of hydrogen-bond donors (Lipinski definition) is 1. The zero-order valence-corrected chi connectivity index (χ0v) is 13.9. The Labute approximate surface area is 127 Å². The lowest BCUT2D eigenvalue weighted by Gasteiger charge is -2.27. The number of hydrogen-bond acceptors (Lipinski definition) is 5. The van der Waals surface area contributed by atoms with Gasteiger partial charge in [0, 0.05) is 45.2 Å². The second-order valence-corrected chi connectivity index (χ2v) is 5.73. The first-order valence-electron chi connectivity index (χ1n) is 7.09. The summed E-state index contributed by atoms with van der Waals surface area (Å²) < 4.78 is 5.01. The SMILES string of the molecule is CCC(CSC)N(C)c1ccc(CNCCOC)cn1. The van der Waals surface area contributed by atoms with Crippen LogP contribution >= 0.6 is 11.8 Å². The van der Waals surface area contributed by atoms with E-state index in [1.807, 2.05) is 18.0 Å². The summed E-state index contributed by atoms with van der Waals surface area (Å²) >= 11 is 1.88. The average molecular weight is 297 g/mol. The number of thioether (sulfide) groups is 1. The fourth-order valence-electron chi connectivity index (χ4n) is 2.02. The number of pyridine rings is 1. The van der Waals surface area contributed by atoms with Crippen LogP contribution in [0.25, 0.3) is 0 Å². The van der Waals surface area contributed by atoms with E-state index in [0.717, 1.165) is 37.7 Å². The van der Waals surface area contributed by atoms with Crippen molar-refractivity contribution in [1.29, 1.82) is 0 Å². The summed E-state index contributed by atoms with van der Waals surface area (Å²) in [4.78, 5) is 6.85. The number of aromatic nitrogens is 1. The van der Waals surface area contributed by atoms with Gasteiger partial charge in [-0.15, -0.1) is 0 Å². The highest BCUT2D eigenvalue weighted by atomic mass is 32.2. The summed E-state index contributed by atoms with van der Waals surface area (Å²) in [7, 11) is 3.84. The van der Waals surface area contributed by atoms with E-state index in [-0.39, 0.29) is 0 Å². The van der Waals surface area contributed by atoms with E-state index in [0.29, 0.717) is 6.04 Å². The van der Waals surface area contributed by atoms with Gasteiger partial charge in [0.1, 0.15) is 5.82 Å². The van der Waals surface area contributed by atoms with E-state index in [2.05, 4.69) is 47.6 Å². The molecule has 0 aliphatic rings. The molecule has 114 valence electrons. The molecular formula is C15H27N3OS. The maximum atomic E-state index is 5.01. The van der Waals surface area contributed by atoms with Gasteiger partial charge in [0.2, 0.25) is 0 Å². The van der Waals surface area contributed by atoms with Crippen LogP contribution in [0.15, 0.2) is 18.3 Å². The smallest absolute Gasteiger partial charge is 0.128 e. The molecule has 1 atom stereocenters. The van der Waals surface area contributed by atoms with Crippen LogP contribution in [0.1, 0.15) is 18.9 Å². The minimum atomic E-state index is 0.545. The normalized spacial score (nSPS) is 12.4. The Hall–Kier alpha value is -0.780. The molecule has 0 amide bonds. The van der Waals surface area contributed by atoms with Gasteiger partial charge in [-0.25, -0.2) is 4.98 Å². The molecule has 4 nitrogen and oxygen atoms in total. The molecule has 0 aromatic carbocycles. The summed E-state index contributed by atoms with van der Waals surface area (Å²) in [5, 5.41) is 3.32. The van der Waals surface area contributed by atoms with Crippen molar-refractivity contribution in [3.05, 3.63) is 23.9 Å². The quantitative estimate of drug-likeness (QED) is 0.671. The van der Waals surface area contributed by atoms with Crippen molar-refractivity contribution in [3.63, 3.8) is 0 Å². The van der Waals surface area contributed by atoms with Gasteiger partial charge in [-0.05, 0) is 24.3 Å². The molecule has 20 heavy (non-hydrogen) atoms. The highest BCUT2D eigenvalue weighted by Gasteiger charge is 2.13. The van der Waals surface area contributed by atoms with Crippen LogP contribution in [0.3, 0.4) is 0 Å². The molecule has 0 fully saturated rings. The Bertz CT molecular complexity index is 359. The van der Waals surface area contributed by atoms with Crippen molar-refractivity contribution >= 4 is 17.6 Å². The lowest BCUT2D eigenvalue weighted by Crippen LogP contribution is -2.33. The standard InChI is InChI=1S/C15H27N3OS/c1-5-14(12-20-4)18(2)15-7-6-13(11-17-15)10-16-8-9-19-3/h6-7,11,14,16H,5,8-10,12H2,1-4H3. The summed E-state index contributed by atoms with van der Waals surface area (Å²) in [6.45, 7) is 4.67. The monoisotopic (exact) mass is 297 g/mol. The second-order valence-electron chi connectivity index (χ2n) is 4.82. The Kier molecular flexibility index (Phi) is 8.65. The van der Waals surface area contributed by atoms with Crippen LogP contribution in [0.5, 0.6) is 0 Å². The number of nitrogens with one attached hydrogen (secondary N) is 1. The van der Waals surface area contributed by atoms with Gasteiger partial charge >= 0.3 is 0 Å². The van der Waals surface area contributed by atoms with E-state index in [1.165, 1.54) is 5.56 Å². The number of nitrogens with zero attached hydrogens (tertiary/aromatic N) is 2. The summed E-state index contributed by atoms with van der Waals surface area (Å²) in [6.07, 6.45) is 5.25. The van der Waals surface area contributed by atoms with Crippen molar-refractivity contribution in [2.24, 2.45) is 0 Å². The third-order valence-electron chi connectivity index (χ3n) is 3.36. The molecule has 1 aromatic heterocycles. The summed E-state index contributed by atoms with van der Waals surface area (Å²) in [6, 6.07) is 4.80. The van der Waals surface area contributed by atoms with Gasteiger partial charge in [0.15, 0.2) is 0 Å². The van der Waals surface area contributed by atoms with Gasteiger partial charge in [-0.2, -0.15) is 11.8 Å². The predicted molar refractivity (Wildman–Crippen MR) is 88.7 cm³/mol.